The Morgan fingerprint density at radius 2 is 2.11 bits per heavy atom. The monoisotopic (exact) mass is 245 g/mol. The third-order valence-electron chi connectivity index (χ3n) is 2.45. The summed E-state index contributed by atoms with van der Waals surface area (Å²) in [5.41, 5.74) is 0.888. The van der Waals surface area contributed by atoms with Crippen LogP contribution in [0.1, 0.15) is 16.1 Å². The van der Waals surface area contributed by atoms with Gasteiger partial charge in [-0.3, -0.25) is 4.79 Å². The molecule has 1 heterocycles. The summed E-state index contributed by atoms with van der Waals surface area (Å²) in [5.74, 6) is -0.539. The van der Waals surface area contributed by atoms with E-state index in [1.807, 2.05) is 0 Å². The first kappa shape index (κ1) is 12.2. The van der Waals surface area contributed by atoms with E-state index in [2.05, 4.69) is 15.3 Å². The van der Waals surface area contributed by atoms with Crippen LogP contribution in [0.5, 0.6) is 0 Å². The molecule has 0 fully saturated rings. The average Bonchev–Trinajstić information content (AvgIpc) is 2.42. The molecule has 0 saturated carbocycles. The van der Waals surface area contributed by atoms with Crippen LogP contribution in [0, 0.1) is 5.82 Å². The number of carbonyl (C=O) groups is 1. The van der Waals surface area contributed by atoms with Crippen molar-refractivity contribution in [2.45, 2.75) is 6.42 Å². The van der Waals surface area contributed by atoms with Crippen LogP contribution < -0.4 is 5.32 Å². The standard InChI is InChI=1S/C13H12FN3O/c14-11-4-2-1-3-10(11)5-8-16-13(18)12-6-7-15-9-17-12/h1-4,6-7,9H,5,8H2,(H,16,18). The highest BCUT2D eigenvalue weighted by Crippen LogP contribution is 2.06. The minimum absolute atomic E-state index is 0.256. The van der Waals surface area contributed by atoms with E-state index in [1.165, 1.54) is 24.7 Å². The number of benzene rings is 1. The Labute approximate surface area is 104 Å². The summed E-state index contributed by atoms with van der Waals surface area (Å²) in [6, 6.07) is 8.04. The smallest absolute Gasteiger partial charge is 0.270 e. The summed E-state index contributed by atoms with van der Waals surface area (Å²) >= 11 is 0. The Morgan fingerprint density at radius 1 is 1.28 bits per heavy atom. The predicted molar refractivity (Wildman–Crippen MR) is 64.5 cm³/mol. The molecule has 18 heavy (non-hydrogen) atoms. The molecule has 1 aromatic heterocycles. The molecular formula is C13H12FN3O. The summed E-state index contributed by atoms with van der Waals surface area (Å²) < 4.78 is 13.3. The van der Waals surface area contributed by atoms with Gasteiger partial charge in [0.25, 0.3) is 5.91 Å². The van der Waals surface area contributed by atoms with E-state index in [9.17, 15) is 9.18 Å². The maximum absolute atomic E-state index is 13.3. The first-order valence-electron chi connectivity index (χ1n) is 5.55. The van der Waals surface area contributed by atoms with Crippen LogP contribution in [0.15, 0.2) is 42.9 Å². The van der Waals surface area contributed by atoms with Gasteiger partial charge in [0.15, 0.2) is 0 Å². The minimum atomic E-state index is -0.284. The molecule has 92 valence electrons. The fraction of sp³-hybridized carbons (Fsp3) is 0.154. The number of rotatable bonds is 4. The second kappa shape index (κ2) is 5.86. The largest absolute Gasteiger partial charge is 0.350 e. The van der Waals surface area contributed by atoms with Gasteiger partial charge in [0.05, 0.1) is 0 Å². The highest BCUT2D eigenvalue weighted by atomic mass is 19.1. The molecule has 1 amide bonds. The van der Waals surface area contributed by atoms with E-state index in [0.29, 0.717) is 24.2 Å². The number of aromatic nitrogens is 2. The highest BCUT2D eigenvalue weighted by Gasteiger charge is 2.06. The summed E-state index contributed by atoms with van der Waals surface area (Å²) in [6.45, 7) is 0.365. The van der Waals surface area contributed by atoms with Crippen LogP contribution in [0.2, 0.25) is 0 Å². The minimum Gasteiger partial charge on any atom is -0.350 e. The summed E-state index contributed by atoms with van der Waals surface area (Å²) in [4.78, 5) is 19.2. The fourth-order valence-corrected chi connectivity index (χ4v) is 1.53. The Hall–Kier alpha value is -2.30. The molecule has 0 atom stereocenters. The lowest BCUT2D eigenvalue weighted by atomic mass is 10.1. The summed E-state index contributed by atoms with van der Waals surface area (Å²) in [6.07, 6.45) is 3.26. The summed E-state index contributed by atoms with van der Waals surface area (Å²) in [5, 5.41) is 2.68. The zero-order valence-electron chi connectivity index (χ0n) is 9.64. The van der Waals surface area contributed by atoms with E-state index in [4.69, 9.17) is 0 Å². The van der Waals surface area contributed by atoms with Crippen molar-refractivity contribution in [3.8, 4) is 0 Å². The Kier molecular flexibility index (Phi) is 3.96. The Morgan fingerprint density at radius 3 is 2.83 bits per heavy atom. The first-order valence-corrected chi connectivity index (χ1v) is 5.55. The van der Waals surface area contributed by atoms with Gasteiger partial charge in [0.1, 0.15) is 17.8 Å². The Bertz CT molecular complexity index is 531. The number of nitrogens with one attached hydrogen (secondary N) is 1. The second-order valence-electron chi connectivity index (χ2n) is 3.69. The zero-order valence-corrected chi connectivity index (χ0v) is 9.64. The molecule has 0 saturated heterocycles. The Balaban J connectivity index is 1.86. The van der Waals surface area contributed by atoms with Crippen molar-refractivity contribution in [2.24, 2.45) is 0 Å². The maximum atomic E-state index is 13.3. The maximum Gasteiger partial charge on any atom is 0.270 e. The SMILES string of the molecule is O=C(NCCc1ccccc1F)c1ccncn1. The van der Waals surface area contributed by atoms with Crippen molar-refractivity contribution in [1.82, 2.24) is 15.3 Å². The fourth-order valence-electron chi connectivity index (χ4n) is 1.53. The molecule has 4 nitrogen and oxygen atoms in total. The normalized spacial score (nSPS) is 10.1. The van der Waals surface area contributed by atoms with Crippen molar-refractivity contribution in [2.75, 3.05) is 6.54 Å². The molecule has 0 aliphatic carbocycles. The number of nitrogens with zero attached hydrogens (tertiary/aromatic N) is 2. The molecule has 0 radical (unpaired) electrons. The molecule has 0 spiro atoms. The number of hydrogen-bond donors (Lipinski definition) is 1. The van der Waals surface area contributed by atoms with Gasteiger partial charge in [-0.25, -0.2) is 14.4 Å². The van der Waals surface area contributed by atoms with Crippen LogP contribution in [0.3, 0.4) is 0 Å². The number of carbonyl (C=O) groups excluding carboxylic acids is 1. The van der Waals surface area contributed by atoms with Crippen LogP contribution >= 0.6 is 0 Å². The molecule has 0 unspecified atom stereocenters. The van der Waals surface area contributed by atoms with Gasteiger partial charge in [-0.2, -0.15) is 0 Å². The van der Waals surface area contributed by atoms with Gasteiger partial charge >= 0.3 is 0 Å². The number of halogens is 1. The number of amides is 1. The topological polar surface area (TPSA) is 54.9 Å². The molecule has 0 aliphatic rings. The molecule has 1 aromatic carbocycles. The third-order valence-corrected chi connectivity index (χ3v) is 2.45. The quantitative estimate of drug-likeness (QED) is 0.889. The van der Waals surface area contributed by atoms with Crippen molar-refractivity contribution < 1.29 is 9.18 Å². The lowest BCUT2D eigenvalue weighted by molar-refractivity contribution is 0.0949. The van der Waals surface area contributed by atoms with Crippen LogP contribution in [0.25, 0.3) is 0 Å². The molecule has 2 rings (SSSR count). The zero-order chi connectivity index (χ0) is 12.8. The van der Waals surface area contributed by atoms with Crippen LogP contribution in [-0.4, -0.2) is 22.4 Å². The van der Waals surface area contributed by atoms with E-state index in [-0.39, 0.29) is 11.7 Å². The molecule has 0 aliphatic heterocycles. The molecule has 1 N–H and O–H groups in total. The van der Waals surface area contributed by atoms with E-state index < -0.39 is 0 Å². The second-order valence-corrected chi connectivity index (χ2v) is 3.69. The predicted octanol–water partition coefficient (Wildman–Crippen LogP) is 1.59. The van der Waals surface area contributed by atoms with Gasteiger partial charge in [0, 0.05) is 12.7 Å². The van der Waals surface area contributed by atoms with Crippen LogP contribution in [0.4, 0.5) is 4.39 Å². The highest BCUT2D eigenvalue weighted by molar-refractivity contribution is 5.91. The number of hydrogen-bond acceptors (Lipinski definition) is 3. The first-order chi connectivity index (χ1) is 8.77. The molecule has 2 aromatic rings. The van der Waals surface area contributed by atoms with E-state index in [0.717, 1.165) is 0 Å². The van der Waals surface area contributed by atoms with Crippen molar-refractivity contribution >= 4 is 5.91 Å². The lowest BCUT2D eigenvalue weighted by Crippen LogP contribution is -2.26. The third kappa shape index (κ3) is 3.10. The summed E-state index contributed by atoms with van der Waals surface area (Å²) in [7, 11) is 0. The van der Waals surface area contributed by atoms with Gasteiger partial charge < -0.3 is 5.32 Å². The van der Waals surface area contributed by atoms with E-state index >= 15 is 0 Å². The van der Waals surface area contributed by atoms with Crippen molar-refractivity contribution in [3.05, 3.63) is 59.9 Å². The molecule has 5 heteroatoms. The molecular weight excluding hydrogens is 233 g/mol. The lowest BCUT2D eigenvalue weighted by Gasteiger charge is -2.05. The van der Waals surface area contributed by atoms with Crippen molar-refractivity contribution in [3.63, 3.8) is 0 Å². The van der Waals surface area contributed by atoms with Crippen molar-refractivity contribution in [1.29, 1.82) is 0 Å². The average molecular weight is 245 g/mol. The van der Waals surface area contributed by atoms with Gasteiger partial charge in [-0.15, -0.1) is 0 Å². The van der Waals surface area contributed by atoms with Gasteiger partial charge in [-0.05, 0) is 24.1 Å². The van der Waals surface area contributed by atoms with Crippen LogP contribution in [-0.2, 0) is 6.42 Å². The van der Waals surface area contributed by atoms with Gasteiger partial charge in [-0.1, -0.05) is 18.2 Å². The van der Waals surface area contributed by atoms with E-state index in [1.54, 1.807) is 18.2 Å². The van der Waals surface area contributed by atoms with Gasteiger partial charge in [0.2, 0.25) is 0 Å². The molecule has 0 bridgehead atoms.